The number of nitrogens with zero attached hydrogens (tertiary/aromatic N) is 2. The molecular weight excluding hydrogens is 270 g/mol. The van der Waals surface area contributed by atoms with Crippen molar-refractivity contribution in [3.8, 4) is 0 Å². The van der Waals surface area contributed by atoms with Crippen LogP contribution in [0.15, 0.2) is 39.8 Å². The van der Waals surface area contributed by atoms with Crippen LogP contribution >= 0.6 is 11.8 Å². The number of thioether (sulfide) groups is 1. The largest absolute Gasteiger partial charge is 0.339 e. The standard InChI is InChI=1S/C15H17N3OS/c1-2-4-11(5-3-1)20-9-14-17-15(19-18-14)12-8-10-6-7-13(12)16-10/h1-5,10,12-13,16H,6-9H2. The van der Waals surface area contributed by atoms with E-state index in [1.807, 2.05) is 18.2 Å². The summed E-state index contributed by atoms with van der Waals surface area (Å²) in [6.07, 6.45) is 3.69. The molecule has 2 aliphatic heterocycles. The Morgan fingerprint density at radius 1 is 1.25 bits per heavy atom. The molecule has 0 saturated carbocycles. The lowest BCUT2D eigenvalue weighted by Gasteiger charge is -2.15. The first kappa shape index (κ1) is 12.4. The summed E-state index contributed by atoms with van der Waals surface area (Å²) in [5.41, 5.74) is 0. The Balaban J connectivity index is 1.41. The summed E-state index contributed by atoms with van der Waals surface area (Å²) in [4.78, 5) is 5.82. The highest BCUT2D eigenvalue weighted by atomic mass is 32.2. The molecule has 0 radical (unpaired) electrons. The second-order valence-corrected chi connectivity index (χ2v) is 6.59. The zero-order valence-electron chi connectivity index (χ0n) is 11.2. The van der Waals surface area contributed by atoms with E-state index in [2.05, 4.69) is 27.6 Å². The number of hydrogen-bond acceptors (Lipinski definition) is 5. The van der Waals surface area contributed by atoms with Crippen LogP contribution < -0.4 is 5.32 Å². The van der Waals surface area contributed by atoms with E-state index in [4.69, 9.17) is 4.52 Å². The molecule has 3 atom stereocenters. The van der Waals surface area contributed by atoms with Crippen molar-refractivity contribution in [2.75, 3.05) is 0 Å². The van der Waals surface area contributed by atoms with E-state index in [1.54, 1.807) is 11.8 Å². The van der Waals surface area contributed by atoms with E-state index in [-0.39, 0.29) is 0 Å². The van der Waals surface area contributed by atoms with Crippen molar-refractivity contribution in [1.29, 1.82) is 0 Å². The fourth-order valence-electron chi connectivity index (χ4n) is 3.24. The first-order valence-corrected chi connectivity index (χ1v) is 8.13. The van der Waals surface area contributed by atoms with Gasteiger partial charge in [-0.3, -0.25) is 0 Å². The highest BCUT2D eigenvalue weighted by molar-refractivity contribution is 7.98. The van der Waals surface area contributed by atoms with Gasteiger partial charge in [-0.1, -0.05) is 23.4 Å². The highest BCUT2D eigenvalue weighted by Gasteiger charge is 2.42. The predicted molar refractivity (Wildman–Crippen MR) is 77.6 cm³/mol. The summed E-state index contributed by atoms with van der Waals surface area (Å²) in [7, 11) is 0. The summed E-state index contributed by atoms with van der Waals surface area (Å²) in [6, 6.07) is 11.5. The van der Waals surface area contributed by atoms with E-state index in [9.17, 15) is 0 Å². The molecule has 2 bridgehead atoms. The molecular formula is C15H17N3OS. The molecule has 1 aromatic carbocycles. The Bertz CT molecular complexity index is 586. The maximum Gasteiger partial charge on any atom is 0.231 e. The molecule has 20 heavy (non-hydrogen) atoms. The highest BCUT2D eigenvalue weighted by Crippen LogP contribution is 2.39. The minimum atomic E-state index is 0.428. The molecule has 3 unspecified atom stereocenters. The summed E-state index contributed by atoms with van der Waals surface area (Å²) in [5, 5.41) is 7.74. The van der Waals surface area contributed by atoms with Gasteiger partial charge in [0, 0.05) is 17.0 Å². The van der Waals surface area contributed by atoms with Gasteiger partial charge in [0.05, 0.1) is 11.7 Å². The molecule has 5 heteroatoms. The maximum atomic E-state index is 5.48. The smallest absolute Gasteiger partial charge is 0.231 e. The Kier molecular flexibility index (Phi) is 3.24. The number of hydrogen-bond donors (Lipinski definition) is 1. The predicted octanol–water partition coefficient (Wildman–Crippen LogP) is 2.97. The Hall–Kier alpha value is -1.33. The Morgan fingerprint density at radius 2 is 2.15 bits per heavy atom. The molecule has 3 heterocycles. The average Bonchev–Trinajstić information content (AvgIpc) is 3.22. The van der Waals surface area contributed by atoms with Crippen molar-refractivity contribution in [1.82, 2.24) is 15.5 Å². The Morgan fingerprint density at radius 3 is 2.90 bits per heavy atom. The molecule has 0 aliphatic carbocycles. The second kappa shape index (κ2) is 5.22. The number of rotatable bonds is 4. The molecule has 2 aliphatic rings. The molecule has 4 rings (SSSR count). The lowest BCUT2D eigenvalue weighted by molar-refractivity contribution is 0.327. The van der Waals surface area contributed by atoms with Gasteiger partial charge in [0.2, 0.25) is 5.89 Å². The third-order valence-corrected chi connectivity index (χ3v) is 5.22. The fourth-order valence-corrected chi connectivity index (χ4v) is 4.00. The number of fused-ring (bicyclic) bond motifs is 2. The van der Waals surface area contributed by atoms with Gasteiger partial charge in [-0.15, -0.1) is 11.8 Å². The van der Waals surface area contributed by atoms with E-state index < -0.39 is 0 Å². The molecule has 1 aromatic heterocycles. The third-order valence-electron chi connectivity index (χ3n) is 4.21. The van der Waals surface area contributed by atoms with Crippen LogP contribution in [-0.2, 0) is 5.75 Å². The molecule has 1 N–H and O–H groups in total. The molecule has 2 fully saturated rings. The fraction of sp³-hybridized carbons (Fsp3) is 0.467. The zero-order valence-corrected chi connectivity index (χ0v) is 12.0. The lowest BCUT2D eigenvalue weighted by Crippen LogP contribution is -2.21. The van der Waals surface area contributed by atoms with Crippen molar-refractivity contribution in [3.63, 3.8) is 0 Å². The SMILES string of the molecule is c1ccc(SCc2noc(C3CC4CCC3N4)n2)cc1. The Labute approximate surface area is 122 Å². The topological polar surface area (TPSA) is 51.0 Å². The van der Waals surface area contributed by atoms with Crippen LogP contribution in [0.5, 0.6) is 0 Å². The first-order chi connectivity index (χ1) is 9.88. The number of benzene rings is 1. The van der Waals surface area contributed by atoms with Gasteiger partial charge in [-0.05, 0) is 31.4 Å². The van der Waals surface area contributed by atoms with Crippen molar-refractivity contribution < 1.29 is 4.52 Å². The monoisotopic (exact) mass is 287 g/mol. The van der Waals surface area contributed by atoms with Crippen LogP contribution in [-0.4, -0.2) is 22.2 Å². The first-order valence-electron chi connectivity index (χ1n) is 7.15. The van der Waals surface area contributed by atoms with Crippen molar-refractivity contribution >= 4 is 11.8 Å². The second-order valence-electron chi connectivity index (χ2n) is 5.54. The van der Waals surface area contributed by atoms with Gasteiger partial charge in [-0.25, -0.2) is 0 Å². The van der Waals surface area contributed by atoms with Gasteiger partial charge >= 0.3 is 0 Å². The minimum absolute atomic E-state index is 0.428. The number of nitrogens with one attached hydrogen (secondary N) is 1. The maximum absolute atomic E-state index is 5.48. The number of aromatic nitrogens is 2. The minimum Gasteiger partial charge on any atom is -0.339 e. The van der Waals surface area contributed by atoms with Gasteiger partial charge in [-0.2, -0.15) is 4.98 Å². The molecule has 2 saturated heterocycles. The van der Waals surface area contributed by atoms with Crippen molar-refractivity contribution in [3.05, 3.63) is 42.0 Å². The van der Waals surface area contributed by atoms with Gasteiger partial charge in [0.1, 0.15) is 0 Å². The molecule has 0 amide bonds. The van der Waals surface area contributed by atoms with Gasteiger partial charge in [0.15, 0.2) is 5.82 Å². The average molecular weight is 287 g/mol. The summed E-state index contributed by atoms with van der Waals surface area (Å²) in [6.45, 7) is 0. The van der Waals surface area contributed by atoms with Crippen LogP contribution in [0.3, 0.4) is 0 Å². The van der Waals surface area contributed by atoms with Gasteiger partial charge < -0.3 is 9.84 Å². The van der Waals surface area contributed by atoms with Crippen LogP contribution in [0.4, 0.5) is 0 Å². The summed E-state index contributed by atoms with van der Waals surface area (Å²) in [5.74, 6) is 2.82. The van der Waals surface area contributed by atoms with Crippen LogP contribution in [0.25, 0.3) is 0 Å². The summed E-state index contributed by atoms with van der Waals surface area (Å²) < 4.78 is 5.48. The molecule has 104 valence electrons. The quantitative estimate of drug-likeness (QED) is 0.876. The van der Waals surface area contributed by atoms with Crippen LogP contribution in [0.1, 0.15) is 36.9 Å². The summed E-state index contributed by atoms with van der Waals surface area (Å²) >= 11 is 1.74. The molecule has 0 spiro atoms. The molecule has 4 nitrogen and oxygen atoms in total. The molecule has 2 aromatic rings. The van der Waals surface area contributed by atoms with E-state index >= 15 is 0 Å². The third kappa shape index (κ3) is 2.36. The van der Waals surface area contributed by atoms with Crippen molar-refractivity contribution in [2.24, 2.45) is 0 Å². The van der Waals surface area contributed by atoms with E-state index in [0.29, 0.717) is 18.0 Å². The lowest BCUT2D eigenvalue weighted by atomic mass is 9.89. The van der Waals surface area contributed by atoms with Crippen LogP contribution in [0.2, 0.25) is 0 Å². The van der Waals surface area contributed by atoms with E-state index in [1.165, 1.54) is 17.7 Å². The van der Waals surface area contributed by atoms with Crippen molar-refractivity contribution in [2.45, 2.75) is 47.9 Å². The van der Waals surface area contributed by atoms with Gasteiger partial charge in [0.25, 0.3) is 0 Å². The zero-order chi connectivity index (χ0) is 13.4. The van der Waals surface area contributed by atoms with Crippen LogP contribution in [0, 0.1) is 0 Å². The van der Waals surface area contributed by atoms with E-state index in [0.717, 1.165) is 23.9 Å². The normalized spacial score (nSPS) is 28.1.